The Balaban J connectivity index is 2.06. The van der Waals surface area contributed by atoms with Gasteiger partial charge in [-0.05, 0) is 19.3 Å². The molecule has 0 saturated carbocycles. The number of carbonyl (C=O) groups is 2. The van der Waals surface area contributed by atoms with E-state index in [2.05, 4.69) is 0 Å². The van der Waals surface area contributed by atoms with Crippen LogP contribution in [0.1, 0.15) is 40.0 Å². The molecule has 19 heavy (non-hydrogen) atoms. The Kier molecular flexibility index (Phi) is 3.85. The molecule has 2 aliphatic rings. The predicted molar refractivity (Wildman–Crippen MR) is 71.4 cm³/mol. The minimum Gasteiger partial charge on any atom is -0.391 e. The first-order chi connectivity index (χ1) is 8.80. The fourth-order valence-corrected chi connectivity index (χ4v) is 2.85. The average molecular weight is 268 g/mol. The van der Waals surface area contributed by atoms with Gasteiger partial charge < -0.3 is 14.9 Å². The van der Waals surface area contributed by atoms with E-state index in [0.717, 1.165) is 12.8 Å². The molecule has 0 radical (unpaired) electrons. The average Bonchev–Trinajstić information content (AvgIpc) is 2.94. The molecular weight excluding hydrogens is 244 g/mol. The van der Waals surface area contributed by atoms with Crippen molar-refractivity contribution in [1.29, 1.82) is 0 Å². The SMILES string of the molecule is CC(C)(C)C(=O)N1CCCC1C(=O)N1CCC(O)C1. The summed E-state index contributed by atoms with van der Waals surface area (Å²) >= 11 is 0. The first-order valence-corrected chi connectivity index (χ1v) is 7.08. The van der Waals surface area contributed by atoms with Crippen molar-refractivity contribution in [3.05, 3.63) is 0 Å². The van der Waals surface area contributed by atoms with Crippen molar-refractivity contribution in [2.24, 2.45) is 5.41 Å². The number of β-amino-alcohol motifs (C(OH)–C–C–N with tert-alkyl or cyclic N) is 1. The zero-order chi connectivity index (χ0) is 14.2. The van der Waals surface area contributed by atoms with Gasteiger partial charge in [0.25, 0.3) is 0 Å². The smallest absolute Gasteiger partial charge is 0.245 e. The van der Waals surface area contributed by atoms with Crippen LogP contribution in [0.5, 0.6) is 0 Å². The van der Waals surface area contributed by atoms with Gasteiger partial charge in [-0.2, -0.15) is 0 Å². The zero-order valence-electron chi connectivity index (χ0n) is 12.1. The van der Waals surface area contributed by atoms with E-state index in [-0.39, 0.29) is 17.9 Å². The summed E-state index contributed by atoms with van der Waals surface area (Å²) in [6, 6.07) is -0.322. The Labute approximate surface area is 114 Å². The highest BCUT2D eigenvalue weighted by atomic mass is 16.3. The van der Waals surface area contributed by atoms with E-state index in [0.29, 0.717) is 26.1 Å². The second-order valence-electron chi connectivity index (χ2n) is 6.63. The summed E-state index contributed by atoms with van der Waals surface area (Å²) in [7, 11) is 0. The van der Waals surface area contributed by atoms with E-state index in [4.69, 9.17) is 0 Å². The van der Waals surface area contributed by atoms with Gasteiger partial charge in [-0.1, -0.05) is 20.8 Å². The first kappa shape index (κ1) is 14.3. The van der Waals surface area contributed by atoms with Crippen LogP contribution in [0.15, 0.2) is 0 Å². The van der Waals surface area contributed by atoms with Gasteiger partial charge in [-0.25, -0.2) is 0 Å². The highest BCUT2D eigenvalue weighted by molar-refractivity contribution is 5.90. The van der Waals surface area contributed by atoms with Crippen molar-refractivity contribution >= 4 is 11.8 Å². The summed E-state index contributed by atoms with van der Waals surface area (Å²) in [6.07, 6.45) is 1.87. The fourth-order valence-electron chi connectivity index (χ4n) is 2.85. The maximum atomic E-state index is 12.5. The molecule has 2 fully saturated rings. The molecule has 2 unspecified atom stereocenters. The minimum absolute atomic E-state index is 0.00616. The highest BCUT2D eigenvalue weighted by Gasteiger charge is 2.41. The quantitative estimate of drug-likeness (QED) is 0.758. The summed E-state index contributed by atoms with van der Waals surface area (Å²) in [5, 5.41) is 9.52. The summed E-state index contributed by atoms with van der Waals surface area (Å²) in [5.41, 5.74) is -0.451. The molecule has 108 valence electrons. The summed E-state index contributed by atoms with van der Waals surface area (Å²) in [4.78, 5) is 28.2. The lowest BCUT2D eigenvalue weighted by molar-refractivity contribution is -0.148. The number of rotatable bonds is 1. The third kappa shape index (κ3) is 2.91. The monoisotopic (exact) mass is 268 g/mol. The number of nitrogens with zero attached hydrogens (tertiary/aromatic N) is 2. The van der Waals surface area contributed by atoms with E-state index in [9.17, 15) is 14.7 Å². The van der Waals surface area contributed by atoms with E-state index in [1.54, 1.807) is 9.80 Å². The first-order valence-electron chi connectivity index (χ1n) is 7.08. The second kappa shape index (κ2) is 5.12. The molecule has 5 heteroatoms. The molecule has 2 atom stereocenters. The van der Waals surface area contributed by atoms with Gasteiger partial charge in [0.2, 0.25) is 11.8 Å². The molecule has 5 nitrogen and oxygen atoms in total. The zero-order valence-corrected chi connectivity index (χ0v) is 12.1. The van der Waals surface area contributed by atoms with Crippen molar-refractivity contribution in [1.82, 2.24) is 9.80 Å². The van der Waals surface area contributed by atoms with E-state index in [1.807, 2.05) is 20.8 Å². The lowest BCUT2D eigenvalue weighted by Gasteiger charge is -2.32. The van der Waals surface area contributed by atoms with Crippen LogP contribution in [0.4, 0.5) is 0 Å². The van der Waals surface area contributed by atoms with Crippen LogP contribution in [0.3, 0.4) is 0 Å². The van der Waals surface area contributed by atoms with Crippen LogP contribution in [0.2, 0.25) is 0 Å². The number of carbonyl (C=O) groups excluding carboxylic acids is 2. The number of hydrogen-bond donors (Lipinski definition) is 1. The van der Waals surface area contributed by atoms with Gasteiger partial charge in [-0.3, -0.25) is 9.59 Å². The number of aliphatic hydroxyl groups is 1. The van der Waals surface area contributed by atoms with Crippen LogP contribution in [0.25, 0.3) is 0 Å². The molecule has 2 saturated heterocycles. The van der Waals surface area contributed by atoms with Crippen LogP contribution in [-0.2, 0) is 9.59 Å². The van der Waals surface area contributed by atoms with E-state index < -0.39 is 11.5 Å². The Morgan fingerprint density at radius 2 is 1.84 bits per heavy atom. The van der Waals surface area contributed by atoms with Crippen molar-refractivity contribution in [2.75, 3.05) is 19.6 Å². The third-order valence-corrected chi connectivity index (χ3v) is 3.92. The maximum absolute atomic E-state index is 12.5. The lowest BCUT2D eigenvalue weighted by atomic mass is 9.94. The number of amides is 2. The van der Waals surface area contributed by atoms with Crippen molar-refractivity contribution in [3.63, 3.8) is 0 Å². The predicted octanol–water partition coefficient (Wildman–Crippen LogP) is 0.617. The van der Waals surface area contributed by atoms with Crippen LogP contribution >= 0.6 is 0 Å². The van der Waals surface area contributed by atoms with Gasteiger partial charge in [-0.15, -0.1) is 0 Å². The molecule has 1 N–H and O–H groups in total. The largest absolute Gasteiger partial charge is 0.391 e. The minimum atomic E-state index is -0.451. The van der Waals surface area contributed by atoms with Crippen LogP contribution in [0, 0.1) is 5.41 Å². The molecule has 0 aromatic carbocycles. The standard InChI is InChI=1S/C14H24N2O3/c1-14(2,3)13(19)16-7-4-5-11(16)12(18)15-8-6-10(17)9-15/h10-11,17H,4-9H2,1-3H3. The summed E-state index contributed by atoms with van der Waals surface area (Å²) in [5.74, 6) is 0.0507. The van der Waals surface area contributed by atoms with Gasteiger partial charge >= 0.3 is 0 Å². The van der Waals surface area contributed by atoms with Crippen LogP contribution < -0.4 is 0 Å². The fraction of sp³-hybridized carbons (Fsp3) is 0.857. The van der Waals surface area contributed by atoms with Gasteiger partial charge in [0.15, 0.2) is 0 Å². The Bertz CT molecular complexity index is 375. The topological polar surface area (TPSA) is 60.9 Å². The van der Waals surface area contributed by atoms with Gasteiger partial charge in [0.1, 0.15) is 6.04 Å². The third-order valence-electron chi connectivity index (χ3n) is 3.92. The normalized spacial score (nSPS) is 28.0. The molecule has 0 aromatic heterocycles. The van der Waals surface area contributed by atoms with Crippen molar-refractivity contribution < 1.29 is 14.7 Å². The van der Waals surface area contributed by atoms with E-state index in [1.165, 1.54) is 0 Å². The Morgan fingerprint density at radius 3 is 2.37 bits per heavy atom. The van der Waals surface area contributed by atoms with Gasteiger partial charge in [0.05, 0.1) is 6.10 Å². The molecule has 2 rings (SSSR count). The lowest BCUT2D eigenvalue weighted by Crippen LogP contribution is -2.50. The highest BCUT2D eigenvalue weighted by Crippen LogP contribution is 2.27. The summed E-state index contributed by atoms with van der Waals surface area (Å²) in [6.45, 7) is 7.34. The molecule has 0 spiro atoms. The van der Waals surface area contributed by atoms with E-state index >= 15 is 0 Å². The number of hydrogen-bond acceptors (Lipinski definition) is 3. The Morgan fingerprint density at radius 1 is 1.16 bits per heavy atom. The molecular formula is C14H24N2O3. The molecule has 0 aliphatic carbocycles. The molecule has 0 bridgehead atoms. The Hall–Kier alpha value is -1.10. The molecule has 0 aromatic rings. The molecule has 2 aliphatic heterocycles. The molecule has 2 heterocycles. The van der Waals surface area contributed by atoms with Crippen molar-refractivity contribution in [2.45, 2.75) is 52.2 Å². The van der Waals surface area contributed by atoms with Crippen LogP contribution in [-0.4, -0.2) is 58.5 Å². The molecule has 2 amide bonds. The summed E-state index contributed by atoms with van der Waals surface area (Å²) < 4.78 is 0. The second-order valence-corrected chi connectivity index (χ2v) is 6.63. The number of aliphatic hydroxyl groups excluding tert-OH is 1. The van der Waals surface area contributed by atoms with Crippen molar-refractivity contribution in [3.8, 4) is 0 Å². The number of likely N-dealkylation sites (tertiary alicyclic amines) is 2. The van der Waals surface area contributed by atoms with Gasteiger partial charge in [0, 0.05) is 25.0 Å². The maximum Gasteiger partial charge on any atom is 0.245 e.